The van der Waals surface area contributed by atoms with Crippen molar-refractivity contribution < 1.29 is 4.42 Å². The summed E-state index contributed by atoms with van der Waals surface area (Å²) in [5.41, 5.74) is 4.13. The summed E-state index contributed by atoms with van der Waals surface area (Å²) in [6.07, 6.45) is 0. The average molecular weight is 243 g/mol. The van der Waals surface area contributed by atoms with Crippen LogP contribution in [0.1, 0.15) is 0 Å². The van der Waals surface area contributed by atoms with E-state index in [0.717, 1.165) is 27.5 Å². The summed E-state index contributed by atoms with van der Waals surface area (Å²) in [5.74, 6) is 0. The number of benzene rings is 3. The first kappa shape index (κ1) is 10.4. The number of fused-ring (bicyclic) bond motifs is 3. The van der Waals surface area contributed by atoms with Crippen molar-refractivity contribution in [3.05, 3.63) is 72.8 Å². The molecule has 1 heteroatoms. The second-order valence-corrected chi connectivity index (χ2v) is 4.56. The molecule has 0 atom stereocenters. The van der Waals surface area contributed by atoms with Crippen LogP contribution in [0.15, 0.2) is 71.1 Å². The van der Waals surface area contributed by atoms with Gasteiger partial charge in [0.2, 0.25) is 0 Å². The van der Waals surface area contributed by atoms with Crippen LogP contribution in [-0.4, -0.2) is 0 Å². The Morgan fingerprint density at radius 3 is 2.58 bits per heavy atom. The Bertz CT molecular complexity index is 857. The van der Waals surface area contributed by atoms with E-state index in [9.17, 15) is 0 Å². The van der Waals surface area contributed by atoms with Crippen molar-refractivity contribution >= 4 is 21.9 Å². The molecule has 0 aliphatic heterocycles. The largest absolute Gasteiger partial charge is 0.455 e. The van der Waals surface area contributed by atoms with E-state index in [4.69, 9.17) is 4.42 Å². The summed E-state index contributed by atoms with van der Waals surface area (Å²) in [6.45, 7) is 0. The van der Waals surface area contributed by atoms with E-state index < -0.39 is 0 Å². The van der Waals surface area contributed by atoms with Crippen molar-refractivity contribution in [1.82, 2.24) is 0 Å². The third-order valence-corrected chi connectivity index (χ3v) is 3.40. The quantitative estimate of drug-likeness (QED) is 0.455. The van der Waals surface area contributed by atoms with E-state index in [1.807, 2.05) is 36.4 Å². The van der Waals surface area contributed by atoms with Gasteiger partial charge < -0.3 is 4.42 Å². The fourth-order valence-corrected chi connectivity index (χ4v) is 2.52. The molecule has 0 saturated carbocycles. The first-order valence-corrected chi connectivity index (χ1v) is 6.31. The van der Waals surface area contributed by atoms with Crippen LogP contribution in [-0.2, 0) is 0 Å². The lowest BCUT2D eigenvalue weighted by atomic mass is 10.0. The molecule has 1 nitrogen and oxygen atoms in total. The predicted molar refractivity (Wildman–Crippen MR) is 78.0 cm³/mol. The molecule has 0 unspecified atom stereocenters. The Kier molecular flexibility index (Phi) is 2.18. The second kappa shape index (κ2) is 3.99. The summed E-state index contributed by atoms with van der Waals surface area (Å²) in [4.78, 5) is 0. The minimum atomic E-state index is 0.890. The molecule has 0 saturated heterocycles. The van der Waals surface area contributed by atoms with Crippen LogP contribution in [0, 0.1) is 6.07 Å². The van der Waals surface area contributed by atoms with Gasteiger partial charge in [-0.15, -0.1) is 0 Å². The summed E-state index contributed by atoms with van der Waals surface area (Å²) >= 11 is 0. The first-order chi connectivity index (χ1) is 9.43. The van der Waals surface area contributed by atoms with E-state index in [2.05, 4.69) is 36.4 Å². The first-order valence-electron chi connectivity index (χ1n) is 6.31. The van der Waals surface area contributed by atoms with Crippen LogP contribution in [0.5, 0.6) is 0 Å². The fourth-order valence-electron chi connectivity index (χ4n) is 2.52. The normalized spacial score (nSPS) is 11.2. The van der Waals surface area contributed by atoms with Gasteiger partial charge in [-0.1, -0.05) is 60.7 Å². The molecular formula is C18H11O. The lowest BCUT2D eigenvalue weighted by Gasteiger charge is -2.01. The van der Waals surface area contributed by atoms with Gasteiger partial charge in [0.15, 0.2) is 0 Å². The van der Waals surface area contributed by atoms with Gasteiger partial charge in [-0.3, -0.25) is 0 Å². The molecular weight excluding hydrogens is 232 g/mol. The molecule has 0 aliphatic carbocycles. The Hall–Kier alpha value is -2.54. The van der Waals surface area contributed by atoms with Gasteiger partial charge >= 0.3 is 0 Å². The van der Waals surface area contributed by atoms with E-state index >= 15 is 0 Å². The molecule has 0 amide bonds. The minimum absolute atomic E-state index is 0.890. The van der Waals surface area contributed by atoms with Crippen molar-refractivity contribution in [1.29, 1.82) is 0 Å². The smallest absolute Gasteiger partial charge is 0.143 e. The Labute approximate surface area is 111 Å². The average Bonchev–Trinajstić information content (AvgIpc) is 2.87. The van der Waals surface area contributed by atoms with Gasteiger partial charge in [0.25, 0.3) is 0 Å². The van der Waals surface area contributed by atoms with Crippen LogP contribution in [0.3, 0.4) is 0 Å². The Morgan fingerprint density at radius 1 is 0.789 bits per heavy atom. The highest BCUT2D eigenvalue weighted by molar-refractivity contribution is 6.09. The van der Waals surface area contributed by atoms with E-state index in [1.165, 1.54) is 5.56 Å². The van der Waals surface area contributed by atoms with Gasteiger partial charge in [-0.25, -0.2) is 0 Å². The highest BCUT2D eigenvalue weighted by Crippen LogP contribution is 2.35. The zero-order chi connectivity index (χ0) is 12.7. The number of hydrogen-bond acceptors (Lipinski definition) is 1. The maximum atomic E-state index is 6.01. The molecule has 4 aromatic rings. The lowest BCUT2D eigenvalue weighted by Crippen LogP contribution is -1.77. The zero-order valence-electron chi connectivity index (χ0n) is 10.3. The minimum Gasteiger partial charge on any atom is -0.455 e. The summed E-state index contributed by atoms with van der Waals surface area (Å²) in [5, 5.41) is 2.17. The van der Waals surface area contributed by atoms with E-state index in [0.29, 0.717) is 0 Å². The molecule has 0 spiro atoms. The van der Waals surface area contributed by atoms with Gasteiger partial charge in [-0.2, -0.15) is 0 Å². The SMILES string of the molecule is [c]1cccc2oc3c(-c4ccccc4)cccc3c12. The van der Waals surface area contributed by atoms with E-state index in [-0.39, 0.29) is 0 Å². The maximum absolute atomic E-state index is 6.01. The van der Waals surface area contributed by atoms with Gasteiger partial charge in [0, 0.05) is 16.3 Å². The topological polar surface area (TPSA) is 13.1 Å². The van der Waals surface area contributed by atoms with Crippen molar-refractivity contribution in [2.24, 2.45) is 0 Å². The molecule has 3 aromatic carbocycles. The van der Waals surface area contributed by atoms with Crippen LogP contribution in [0.25, 0.3) is 33.1 Å². The van der Waals surface area contributed by atoms with Crippen molar-refractivity contribution in [3.8, 4) is 11.1 Å². The zero-order valence-corrected chi connectivity index (χ0v) is 10.3. The molecule has 0 fully saturated rings. The number of furan rings is 1. The molecule has 19 heavy (non-hydrogen) atoms. The highest BCUT2D eigenvalue weighted by Gasteiger charge is 2.10. The van der Waals surface area contributed by atoms with Gasteiger partial charge in [-0.05, 0) is 17.7 Å². The monoisotopic (exact) mass is 243 g/mol. The molecule has 89 valence electrons. The van der Waals surface area contributed by atoms with Gasteiger partial charge in [0.05, 0.1) is 0 Å². The van der Waals surface area contributed by atoms with Crippen LogP contribution in [0.2, 0.25) is 0 Å². The fraction of sp³-hybridized carbons (Fsp3) is 0. The maximum Gasteiger partial charge on any atom is 0.143 e. The standard InChI is InChI=1S/C18H11O/c1-2-7-13(8-3-1)14-10-6-11-16-15-9-4-5-12-17(15)19-18(14)16/h1-8,10-12H. The summed E-state index contributed by atoms with van der Waals surface area (Å²) < 4.78 is 6.01. The van der Waals surface area contributed by atoms with Crippen molar-refractivity contribution in [3.63, 3.8) is 0 Å². The Balaban J connectivity index is 2.13. The molecule has 0 bridgehead atoms. The third kappa shape index (κ3) is 1.55. The molecule has 0 N–H and O–H groups in total. The van der Waals surface area contributed by atoms with E-state index in [1.54, 1.807) is 0 Å². The number of rotatable bonds is 1. The van der Waals surface area contributed by atoms with Crippen LogP contribution < -0.4 is 0 Å². The molecule has 1 aromatic heterocycles. The van der Waals surface area contributed by atoms with Gasteiger partial charge in [0.1, 0.15) is 11.2 Å². The predicted octanol–water partition coefficient (Wildman–Crippen LogP) is 5.05. The third-order valence-electron chi connectivity index (χ3n) is 3.40. The molecule has 4 rings (SSSR count). The summed E-state index contributed by atoms with van der Waals surface area (Å²) in [6, 6.07) is 25.7. The van der Waals surface area contributed by atoms with Crippen molar-refractivity contribution in [2.45, 2.75) is 0 Å². The number of hydrogen-bond donors (Lipinski definition) is 0. The molecule has 1 heterocycles. The summed E-state index contributed by atoms with van der Waals surface area (Å²) in [7, 11) is 0. The highest BCUT2D eigenvalue weighted by atomic mass is 16.3. The van der Waals surface area contributed by atoms with Crippen LogP contribution in [0.4, 0.5) is 0 Å². The Morgan fingerprint density at radius 2 is 1.68 bits per heavy atom. The van der Waals surface area contributed by atoms with Crippen LogP contribution >= 0.6 is 0 Å². The molecule has 0 aliphatic rings. The van der Waals surface area contributed by atoms with Crippen molar-refractivity contribution in [2.75, 3.05) is 0 Å². The molecule has 1 radical (unpaired) electrons. The number of para-hydroxylation sites is 1. The second-order valence-electron chi connectivity index (χ2n) is 4.56. The lowest BCUT2D eigenvalue weighted by molar-refractivity contribution is 0.670.